The Hall–Kier alpha value is -1.40. The molecule has 0 amide bonds. The molecule has 0 bridgehead atoms. The van der Waals surface area contributed by atoms with Crippen molar-refractivity contribution in [2.24, 2.45) is 0 Å². The Morgan fingerprint density at radius 2 is 2.15 bits per heavy atom. The van der Waals surface area contributed by atoms with Crippen LogP contribution in [0.5, 0.6) is 0 Å². The van der Waals surface area contributed by atoms with Gasteiger partial charge in [-0.2, -0.15) is 0 Å². The van der Waals surface area contributed by atoms with E-state index in [0.29, 0.717) is 17.2 Å². The van der Waals surface area contributed by atoms with Crippen LogP contribution in [0.4, 0.5) is 5.69 Å². The molecule has 0 aliphatic rings. The van der Waals surface area contributed by atoms with Gasteiger partial charge in [0.15, 0.2) is 4.98 Å². The van der Waals surface area contributed by atoms with Crippen molar-refractivity contribution >= 4 is 5.69 Å². The predicted octanol–water partition coefficient (Wildman–Crippen LogP) is 2.79. The van der Waals surface area contributed by atoms with E-state index in [9.17, 15) is 0 Å². The van der Waals surface area contributed by atoms with Gasteiger partial charge in [-0.15, -0.1) is 0 Å². The maximum absolute atomic E-state index is 8.98. The van der Waals surface area contributed by atoms with Gasteiger partial charge in [-0.05, 0) is 17.5 Å². The third kappa shape index (κ3) is 2.04. The summed E-state index contributed by atoms with van der Waals surface area (Å²) in [6.07, 6.45) is 0. The van der Waals surface area contributed by atoms with Crippen LogP contribution < -0.4 is 0 Å². The second-order valence-corrected chi connectivity index (χ2v) is 3.30. The molecule has 0 saturated heterocycles. The van der Waals surface area contributed by atoms with E-state index in [4.69, 9.17) is 10.5 Å². The van der Waals surface area contributed by atoms with Gasteiger partial charge in [0.05, 0.1) is 12.2 Å². The second kappa shape index (κ2) is 4.01. The highest BCUT2D eigenvalue weighted by Crippen LogP contribution is 2.24. The molecule has 0 aliphatic carbocycles. The number of aliphatic hydroxyl groups is 1. The van der Waals surface area contributed by atoms with Crippen LogP contribution in [0.25, 0.3) is 4.98 Å². The predicted molar refractivity (Wildman–Crippen MR) is 51.2 cm³/mol. The fraction of sp³-hybridized carbons (Fsp3) is 0.400. The number of hydrogen-bond donors (Lipinski definition) is 1. The summed E-state index contributed by atoms with van der Waals surface area (Å²) < 4.78 is 0. The summed E-state index contributed by atoms with van der Waals surface area (Å²) in [6.45, 7) is 4.05. The topological polar surface area (TPSA) is 48.4 Å². The molecule has 0 aromatic heterocycles. The molecule has 0 spiro atoms. The van der Waals surface area contributed by atoms with Crippen LogP contribution in [0.3, 0.4) is 0 Å². The van der Waals surface area contributed by atoms with Crippen LogP contribution in [0.2, 0.25) is 0 Å². The number of rotatable bonds is 2. The maximum Gasteiger partial charge on any atom is 0.390 e. The molecule has 1 N–H and O–H groups in total. The summed E-state index contributed by atoms with van der Waals surface area (Å²) in [5.74, 6) is 0.415. The molecule has 3 nitrogen and oxygen atoms in total. The molecule has 68 valence electrons. The van der Waals surface area contributed by atoms with Gasteiger partial charge in [-0.25, -0.2) is 0 Å². The van der Waals surface area contributed by atoms with Crippen molar-refractivity contribution in [2.45, 2.75) is 26.4 Å². The second-order valence-electron chi connectivity index (χ2n) is 3.30. The van der Waals surface area contributed by atoms with Crippen molar-refractivity contribution in [1.29, 1.82) is 5.39 Å². The standard InChI is InChI=1S/C10H13N2O/c1-7(2)8-3-4-10(12-11)9(5-8)6-13/h3-5,7,13H,6H2,1-2H3/q+1. The Morgan fingerprint density at radius 1 is 1.46 bits per heavy atom. The molecule has 1 rings (SSSR count). The quantitative estimate of drug-likeness (QED) is 0.706. The largest absolute Gasteiger partial charge is 0.391 e. The molecule has 13 heavy (non-hydrogen) atoms. The Kier molecular flexibility index (Phi) is 2.99. The van der Waals surface area contributed by atoms with Crippen LogP contribution in [0.15, 0.2) is 18.2 Å². The molecule has 0 aliphatic heterocycles. The highest BCUT2D eigenvalue weighted by Gasteiger charge is 2.13. The molecule has 0 atom stereocenters. The van der Waals surface area contributed by atoms with Crippen molar-refractivity contribution in [3.05, 3.63) is 34.3 Å². The third-order valence-electron chi connectivity index (χ3n) is 2.05. The summed E-state index contributed by atoms with van der Waals surface area (Å²) in [5.41, 5.74) is 2.23. The average Bonchev–Trinajstić information content (AvgIpc) is 2.16. The smallest absolute Gasteiger partial charge is 0.390 e. The van der Waals surface area contributed by atoms with E-state index in [1.165, 1.54) is 0 Å². The minimum atomic E-state index is -0.0973. The number of nitrogens with zero attached hydrogens (tertiary/aromatic N) is 2. The van der Waals surface area contributed by atoms with Gasteiger partial charge in [-0.1, -0.05) is 19.9 Å². The molecule has 1 aromatic rings. The number of hydrogen-bond acceptors (Lipinski definition) is 2. The molecule has 3 heteroatoms. The van der Waals surface area contributed by atoms with E-state index >= 15 is 0 Å². The summed E-state index contributed by atoms with van der Waals surface area (Å²) in [5, 5.41) is 17.6. The Morgan fingerprint density at radius 3 is 2.62 bits per heavy atom. The van der Waals surface area contributed by atoms with E-state index in [0.717, 1.165) is 5.56 Å². The fourth-order valence-corrected chi connectivity index (χ4v) is 1.19. The molecular weight excluding hydrogens is 164 g/mol. The first-order valence-corrected chi connectivity index (χ1v) is 4.27. The van der Waals surface area contributed by atoms with Crippen LogP contribution in [0, 0.1) is 5.39 Å². The lowest BCUT2D eigenvalue weighted by Gasteiger charge is -2.04. The summed E-state index contributed by atoms with van der Waals surface area (Å²) in [7, 11) is 0. The van der Waals surface area contributed by atoms with Crippen molar-refractivity contribution in [3.63, 3.8) is 0 Å². The zero-order valence-electron chi connectivity index (χ0n) is 7.86. The average molecular weight is 177 g/mol. The van der Waals surface area contributed by atoms with E-state index < -0.39 is 0 Å². The lowest BCUT2D eigenvalue weighted by molar-refractivity contribution is 0.282. The normalized spacial score (nSPS) is 10.1. The van der Waals surface area contributed by atoms with E-state index in [1.54, 1.807) is 6.07 Å². The lowest BCUT2D eigenvalue weighted by atomic mass is 10.0. The highest BCUT2D eigenvalue weighted by molar-refractivity contribution is 5.53. The minimum absolute atomic E-state index is 0.0973. The van der Waals surface area contributed by atoms with Gasteiger partial charge >= 0.3 is 5.69 Å². The first-order valence-electron chi connectivity index (χ1n) is 4.27. The maximum atomic E-state index is 8.98. The van der Waals surface area contributed by atoms with Crippen LogP contribution in [-0.4, -0.2) is 5.11 Å². The first kappa shape index (κ1) is 9.69. The molecule has 1 aromatic carbocycles. The minimum Gasteiger partial charge on any atom is -0.391 e. The van der Waals surface area contributed by atoms with E-state index in [2.05, 4.69) is 18.8 Å². The van der Waals surface area contributed by atoms with Crippen LogP contribution >= 0.6 is 0 Å². The Labute approximate surface area is 77.6 Å². The van der Waals surface area contributed by atoms with Gasteiger partial charge in [0, 0.05) is 6.07 Å². The highest BCUT2D eigenvalue weighted by atomic mass is 16.3. The van der Waals surface area contributed by atoms with Gasteiger partial charge in [0.25, 0.3) is 0 Å². The zero-order valence-corrected chi connectivity index (χ0v) is 7.86. The number of aliphatic hydroxyl groups excluding tert-OH is 1. The van der Waals surface area contributed by atoms with Crippen molar-refractivity contribution in [3.8, 4) is 0 Å². The van der Waals surface area contributed by atoms with E-state index in [1.807, 2.05) is 12.1 Å². The molecule has 0 heterocycles. The molecule has 0 fully saturated rings. The summed E-state index contributed by atoms with van der Waals surface area (Å²) in [4.78, 5) is 3.08. The van der Waals surface area contributed by atoms with Gasteiger partial charge in [0.2, 0.25) is 5.39 Å². The van der Waals surface area contributed by atoms with Gasteiger partial charge < -0.3 is 5.11 Å². The van der Waals surface area contributed by atoms with Crippen LogP contribution in [0.1, 0.15) is 30.9 Å². The fourth-order valence-electron chi connectivity index (χ4n) is 1.19. The first-order chi connectivity index (χ1) is 6.19. The SMILES string of the molecule is CC(C)c1ccc([N+]#N)c(CO)c1. The van der Waals surface area contributed by atoms with Crippen molar-refractivity contribution in [2.75, 3.05) is 0 Å². The monoisotopic (exact) mass is 177 g/mol. The number of diazo groups is 1. The third-order valence-corrected chi connectivity index (χ3v) is 2.05. The molecular formula is C10H13N2O+. The summed E-state index contributed by atoms with van der Waals surface area (Å²) >= 11 is 0. The molecule has 0 radical (unpaired) electrons. The van der Waals surface area contributed by atoms with Gasteiger partial charge in [0.1, 0.15) is 0 Å². The van der Waals surface area contributed by atoms with Crippen molar-refractivity contribution in [1.82, 2.24) is 0 Å². The Bertz CT molecular complexity index is 339. The lowest BCUT2D eigenvalue weighted by Crippen LogP contribution is -1.90. The number of benzene rings is 1. The van der Waals surface area contributed by atoms with Crippen molar-refractivity contribution < 1.29 is 5.11 Å². The van der Waals surface area contributed by atoms with Crippen LogP contribution in [-0.2, 0) is 6.61 Å². The van der Waals surface area contributed by atoms with E-state index in [-0.39, 0.29) is 6.61 Å². The molecule has 0 saturated carbocycles. The summed E-state index contributed by atoms with van der Waals surface area (Å²) in [6, 6.07) is 5.47. The zero-order chi connectivity index (χ0) is 9.84. The Balaban J connectivity index is 3.15. The molecule has 0 unspecified atom stereocenters. The van der Waals surface area contributed by atoms with Gasteiger partial charge in [-0.3, -0.25) is 0 Å².